The number of rotatable bonds is 2. The van der Waals surface area contributed by atoms with E-state index in [-0.39, 0.29) is 5.41 Å². The Bertz CT molecular complexity index is 2330. The molecule has 1 aliphatic rings. The fourth-order valence-electron chi connectivity index (χ4n) is 7.07. The molecule has 3 heterocycles. The van der Waals surface area contributed by atoms with E-state index in [0.717, 1.165) is 11.4 Å². The van der Waals surface area contributed by atoms with Gasteiger partial charge < -0.3 is 0 Å². The molecular weight excluding hydrogens is 516 g/mol. The molecule has 0 aliphatic heterocycles. The van der Waals surface area contributed by atoms with Crippen LogP contribution in [0.15, 0.2) is 121 Å². The van der Waals surface area contributed by atoms with Crippen molar-refractivity contribution in [3.63, 3.8) is 0 Å². The van der Waals surface area contributed by atoms with Crippen LogP contribution in [-0.2, 0) is 5.41 Å². The van der Waals surface area contributed by atoms with Crippen molar-refractivity contribution in [2.75, 3.05) is 0 Å². The minimum absolute atomic E-state index is 0.0168. The van der Waals surface area contributed by atoms with Gasteiger partial charge in [-0.15, -0.1) is 11.3 Å². The Morgan fingerprint density at radius 3 is 2.24 bits per heavy atom. The first-order valence-electron chi connectivity index (χ1n) is 14.1. The topological polar surface area (TPSA) is 17.8 Å². The monoisotopic (exact) mass is 542 g/mol. The maximum atomic E-state index is 5.05. The molecular formula is C38H26N2S. The molecule has 2 nitrogen and oxygen atoms in total. The van der Waals surface area contributed by atoms with Gasteiger partial charge in [-0.3, -0.25) is 4.57 Å². The van der Waals surface area contributed by atoms with Crippen LogP contribution in [0.4, 0.5) is 0 Å². The van der Waals surface area contributed by atoms with Gasteiger partial charge in [0.15, 0.2) is 0 Å². The van der Waals surface area contributed by atoms with Crippen molar-refractivity contribution >= 4 is 53.3 Å². The lowest BCUT2D eigenvalue weighted by atomic mass is 9.82. The van der Waals surface area contributed by atoms with Crippen molar-refractivity contribution in [3.8, 4) is 28.1 Å². The second-order valence-corrected chi connectivity index (χ2v) is 12.7. The summed E-state index contributed by atoms with van der Waals surface area (Å²) >= 11 is 1.89. The van der Waals surface area contributed by atoms with E-state index >= 15 is 0 Å². The molecule has 3 aromatic heterocycles. The van der Waals surface area contributed by atoms with E-state index in [1.54, 1.807) is 0 Å². The molecule has 0 fully saturated rings. The standard InChI is InChI=1S/C38H26N2S/c1-38(2)30-12-6-3-9-25(30)29-21-23(15-18-31(29)38)24-16-20-35(39-22-24)40-32-13-7-4-11-28(32)36-33(40)19-17-27-26-10-5-8-14-34(26)41-37(27)36/h3-22H,1-2H3. The number of fused-ring (bicyclic) bond motifs is 10. The maximum absolute atomic E-state index is 5.05. The van der Waals surface area contributed by atoms with Gasteiger partial charge in [0.25, 0.3) is 0 Å². The normalized spacial score (nSPS) is 13.8. The minimum atomic E-state index is 0.0168. The highest BCUT2D eigenvalue weighted by Gasteiger charge is 2.35. The molecule has 0 bridgehead atoms. The summed E-state index contributed by atoms with van der Waals surface area (Å²) in [6.45, 7) is 4.65. The molecule has 1 aliphatic carbocycles. The molecule has 9 rings (SSSR count). The molecule has 8 aromatic rings. The average Bonchev–Trinajstić information content (AvgIpc) is 3.63. The first-order valence-corrected chi connectivity index (χ1v) is 15.0. The molecule has 0 unspecified atom stereocenters. The first-order chi connectivity index (χ1) is 20.1. The summed E-state index contributed by atoms with van der Waals surface area (Å²) < 4.78 is 4.99. The molecule has 194 valence electrons. The van der Waals surface area contributed by atoms with Crippen molar-refractivity contribution in [1.29, 1.82) is 0 Å². The van der Waals surface area contributed by atoms with Gasteiger partial charge in [-0.1, -0.05) is 92.7 Å². The third kappa shape index (κ3) is 3.10. The summed E-state index contributed by atoms with van der Waals surface area (Å²) in [5, 5.41) is 5.23. The van der Waals surface area contributed by atoms with Gasteiger partial charge in [-0.2, -0.15) is 0 Å². The van der Waals surface area contributed by atoms with Crippen LogP contribution in [0.3, 0.4) is 0 Å². The smallest absolute Gasteiger partial charge is 0.137 e. The fourth-order valence-corrected chi connectivity index (χ4v) is 8.33. The summed E-state index contributed by atoms with van der Waals surface area (Å²) in [6.07, 6.45) is 2.03. The van der Waals surface area contributed by atoms with Crippen LogP contribution in [0, 0.1) is 0 Å². The number of benzene rings is 5. The summed E-state index contributed by atoms with van der Waals surface area (Å²) in [5.74, 6) is 0.938. The summed E-state index contributed by atoms with van der Waals surface area (Å²) in [5.41, 5.74) is 10.2. The fraction of sp³-hybridized carbons (Fsp3) is 0.0789. The average molecular weight is 543 g/mol. The molecule has 41 heavy (non-hydrogen) atoms. The van der Waals surface area contributed by atoms with Gasteiger partial charge in [0.05, 0.1) is 11.0 Å². The molecule has 0 atom stereocenters. The Kier molecular flexibility index (Phi) is 4.58. The summed E-state index contributed by atoms with van der Waals surface area (Å²) in [6, 6.07) is 42.1. The highest BCUT2D eigenvalue weighted by atomic mass is 32.1. The highest BCUT2D eigenvalue weighted by Crippen LogP contribution is 2.49. The van der Waals surface area contributed by atoms with Crippen LogP contribution in [0.25, 0.3) is 70.0 Å². The number of hydrogen-bond acceptors (Lipinski definition) is 2. The highest BCUT2D eigenvalue weighted by molar-refractivity contribution is 7.26. The second kappa shape index (κ2) is 8.15. The summed E-state index contributed by atoms with van der Waals surface area (Å²) in [4.78, 5) is 5.05. The lowest BCUT2D eigenvalue weighted by Crippen LogP contribution is -2.14. The lowest BCUT2D eigenvalue weighted by Gasteiger charge is -2.21. The minimum Gasteiger partial charge on any atom is -0.294 e. The van der Waals surface area contributed by atoms with Crippen molar-refractivity contribution in [2.24, 2.45) is 0 Å². The van der Waals surface area contributed by atoms with Crippen LogP contribution in [0.1, 0.15) is 25.0 Å². The largest absolute Gasteiger partial charge is 0.294 e. The van der Waals surface area contributed by atoms with Gasteiger partial charge in [-0.25, -0.2) is 4.98 Å². The molecule has 5 aromatic carbocycles. The van der Waals surface area contributed by atoms with Crippen LogP contribution < -0.4 is 0 Å². The Balaban J connectivity index is 1.21. The van der Waals surface area contributed by atoms with E-state index in [0.29, 0.717) is 0 Å². The van der Waals surface area contributed by atoms with E-state index in [4.69, 9.17) is 4.98 Å². The van der Waals surface area contributed by atoms with Crippen molar-refractivity contribution < 1.29 is 0 Å². The molecule has 0 saturated carbocycles. The molecule has 0 radical (unpaired) electrons. The molecule has 0 saturated heterocycles. The van der Waals surface area contributed by atoms with E-state index in [1.807, 2.05) is 17.5 Å². The van der Waals surface area contributed by atoms with Gasteiger partial charge >= 0.3 is 0 Å². The zero-order chi connectivity index (χ0) is 27.3. The first kappa shape index (κ1) is 23.0. The number of aromatic nitrogens is 2. The second-order valence-electron chi connectivity index (χ2n) is 11.6. The molecule has 0 amide bonds. The van der Waals surface area contributed by atoms with Crippen molar-refractivity contribution in [1.82, 2.24) is 9.55 Å². The Hall–Kier alpha value is -4.73. The number of pyridine rings is 1. The number of para-hydroxylation sites is 1. The van der Waals surface area contributed by atoms with Crippen LogP contribution in [0.2, 0.25) is 0 Å². The number of hydrogen-bond donors (Lipinski definition) is 0. The van der Waals surface area contributed by atoms with Crippen molar-refractivity contribution in [2.45, 2.75) is 19.3 Å². The van der Waals surface area contributed by atoms with Crippen LogP contribution in [-0.4, -0.2) is 9.55 Å². The number of nitrogens with zero attached hydrogens (tertiary/aromatic N) is 2. The Morgan fingerprint density at radius 2 is 1.37 bits per heavy atom. The lowest BCUT2D eigenvalue weighted by molar-refractivity contribution is 0.660. The Morgan fingerprint density at radius 1 is 0.610 bits per heavy atom. The zero-order valence-electron chi connectivity index (χ0n) is 22.8. The number of thiophene rings is 1. The molecule has 3 heteroatoms. The predicted molar refractivity (Wildman–Crippen MR) is 174 cm³/mol. The Labute approximate surface area is 242 Å². The van der Waals surface area contributed by atoms with E-state index in [2.05, 4.69) is 134 Å². The van der Waals surface area contributed by atoms with E-state index in [1.165, 1.54) is 69.8 Å². The third-order valence-electron chi connectivity index (χ3n) is 9.07. The third-order valence-corrected chi connectivity index (χ3v) is 10.3. The van der Waals surface area contributed by atoms with E-state index < -0.39 is 0 Å². The SMILES string of the molecule is CC1(C)c2ccccc2-c2cc(-c3ccc(-n4c5ccccc5c5c6sc7ccccc7c6ccc54)nc3)ccc21. The van der Waals surface area contributed by atoms with Gasteiger partial charge in [-0.05, 0) is 64.2 Å². The van der Waals surface area contributed by atoms with Crippen LogP contribution in [0.5, 0.6) is 0 Å². The predicted octanol–water partition coefficient (Wildman–Crippen LogP) is 10.5. The maximum Gasteiger partial charge on any atom is 0.137 e. The molecule has 0 N–H and O–H groups in total. The van der Waals surface area contributed by atoms with Gasteiger partial charge in [0.2, 0.25) is 0 Å². The van der Waals surface area contributed by atoms with Crippen molar-refractivity contribution in [3.05, 3.63) is 133 Å². The summed E-state index contributed by atoms with van der Waals surface area (Å²) in [7, 11) is 0. The molecule has 0 spiro atoms. The van der Waals surface area contributed by atoms with Crippen LogP contribution >= 0.6 is 11.3 Å². The zero-order valence-corrected chi connectivity index (χ0v) is 23.7. The van der Waals surface area contributed by atoms with Gasteiger partial charge in [0.1, 0.15) is 5.82 Å². The quantitative estimate of drug-likeness (QED) is 0.212. The van der Waals surface area contributed by atoms with E-state index in [9.17, 15) is 0 Å². The van der Waals surface area contributed by atoms with Gasteiger partial charge in [0, 0.05) is 48.1 Å².